The van der Waals surface area contributed by atoms with E-state index in [9.17, 15) is 14.7 Å². The lowest BCUT2D eigenvalue weighted by molar-refractivity contribution is -0.121. The summed E-state index contributed by atoms with van der Waals surface area (Å²) < 4.78 is 0. The number of para-hydroxylation sites is 1. The molecule has 0 unspecified atom stereocenters. The lowest BCUT2D eigenvalue weighted by Crippen LogP contribution is -2.18. The van der Waals surface area contributed by atoms with Crippen LogP contribution in [0.15, 0.2) is 42.5 Å². The Kier molecular flexibility index (Phi) is 11.5. The number of nitrogens with one attached hydrogen (secondary N) is 1. The van der Waals surface area contributed by atoms with Crippen LogP contribution < -0.4 is 5.32 Å². The Morgan fingerprint density at radius 1 is 1.07 bits per heavy atom. The predicted molar refractivity (Wildman–Crippen MR) is 123 cm³/mol. The van der Waals surface area contributed by atoms with Crippen molar-refractivity contribution >= 4 is 17.4 Å². The van der Waals surface area contributed by atoms with Gasteiger partial charge in [0.1, 0.15) is 5.78 Å². The molecule has 0 spiro atoms. The number of hydrogen-bond acceptors (Lipinski definition) is 3. The molecule has 166 valence electrons. The van der Waals surface area contributed by atoms with E-state index in [1.165, 1.54) is 25.7 Å². The number of benzene rings is 1. The number of rotatable bonds is 14. The highest BCUT2D eigenvalue weighted by Gasteiger charge is 2.39. The maximum absolute atomic E-state index is 12.3. The number of Topliss-reactive ketones (excluding diaryl/α,β-unsaturated/α-hetero) is 1. The molecule has 1 aromatic rings. The smallest absolute Gasteiger partial charge is 0.224 e. The average molecular weight is 414 g/mol. The van der Waals surface area contributed by atoms with Crippen LogP contribution >= 0.6 is 0 Å². The van der Waals surface area contributed by atoms with Crippen LogP contribution in [0.1, 0.15) is 84.0 Å². The standard InChI is InChI=1S/C26H39NO3/c1-2-3-4-5-6-12-17-22-23(25(29)20-24(22)28)18-13-7-8-14-19-26(30)27-21-15-10-9-11-16-21/h9-12,15-17,22-24,28H,2-8,13-14,18-20H2,1H3,(H,27,30)/b17-12+/t22-,23-,24-/m1/s1. The van der Waals surface area contributed by atoms with Gasteiger partial charge in [-0.1, -0.05) is 75.8 Å². The lowest BCUT2D eigenvalue weighted by Gasteiger charge is -2.17. The van der Waals surface area contributed by atoms with Crippen LogP contribution in [0.5, 0.6) is 0 Å². The first-order chi connectivity index (χ1) is 14.6. The van der Waals surface area contributed by atoms with Crippen LogP contribution in [0.3, 0.4) is 0 Å². The number of aliphatic hydroxyl groups excluding tert-OH is 1. The molecule has 3 atom stereocenters. The van der Waals surface area contributed by atoms with Crippen LogP contribution in [-0.2, 0) is 9.59 Å². The van der Waals surface area contributed by atoms with Gasteiger partial charge < -0.3 is 10.4 Å². The first kappa shape index (κ1) is 24.3. The molecule has 2 rings (SSSR count). The molecule has 0 radical (unpaired) electrons. The number of amides is 1. The second kappa shape index (κ2) is 14.1. The monoisotopic (exact) mass is 413 g/mol. The Morgan fingerprint density at radius 2 is 1.80 bits per heavy atom. The Bertz CT molecular complexity index is 656. The highest BCUT2D eigenvalue weighted by Crippen LogP contribution is 2.34. The summed E-state index contributed by atoms with van der Waals surface area (Å²) in [7, 11) is 0. The summed E-state index contributed by atoms with van der Waals surface area (Å²) in [5.74, 6) is 0.221. The summed E-state index contributed by atoms with van der Waals surface area (Å²) in [4.78, 5) is 24.3. The summed E-state index contributed by atoms with van der Waals surface area (Å²) in [6, 6.07) is 9.53. The zero-order valence-corrected chi connectivity index (χ0v) is 18.5. The summed E-state index contributed by atoms with van der Waals surface area (Å²) in [5.41, 5.74) is 0.838. The van der Waals surface area contributed by atoms with Crippen LogP contribution in [0.25, 0.3) is 0 Å². The molecule has 1 aliphatic carbocycles. The van der Waals surface area contributed by atoms with Crippen LogP contribution in [-0.4, -0.2) is 22.9 Å². The van der Waals surface area contributed by atoms with E-state index in [0.29, 0.717) is 12.8 Å². The van der Waals surface area contributed by atoms with Gasteiger partial charge >= 0.3 is 0 Å². The Balaban J connectivity index is 1.61. The molecule has 1 amide bonds. The number of anilines is 1. The van der Waals surface area contributed by atoms with Gasteiger partial charge in [0, 0.05) is 30.4 Å². The topological polar surface area (TPSA) is 66.4 Å². The number of allylic oxidation sites excluding steroid dienone is 1. The van der Waals surface area contributed by atoms with Gasteiger partial charge in [-0.3, -0.25) is 9.59 Å². The number of ketones is 1. The minimum atomic E-state index is -0.518. The van der Waals surface area contributed by atoms with Gasteiger partial charge in [-0.25, -0.2) is 0 Å². The van der Waals surface area contributed by atoms with E-state index in [-0.39, 0.29) is 23.5 Å². The first-order valence-corrected chi connectivity index (χ1v) is 11.8. The van der Waals surface area contributed by atoms with E-state index in [4.69, 9.17) is 0 Å². The molecular formula is C26H39NO3. The predicted octanol–water partition coefficient (Wildman–Crippen LogP) is 6.06. The molecule has 4 nitrogen and oxygen atoms in total. The maximum Gasteiger partial charge on any atom is 0.224 e. The summed E-state index contributed by atoms with van der Waals surface area (Å²) in [6.45, 7) is 2.21. The second-order valence-corrected chi connectivity index (χ2v) is 8.57. The minimum Gasteiger partial charge on any atom is -0.392 e. The van der Waals surface area contributed by atoms with Crippen LogP contribution in [0.2, 0.25) is 0 Å². The molecule has 0 aliphatic heterocycles. The quantitative estimate of drug-likeness (QED) is 0.288. The number of aliphatic hydroxyl groups is 1. The van der Waals surface area contributed by atoms with Crippen molar-refractivity contribution in [1.82, 2.24) is 0 Å². The summed E-state index contributed by atoms with van der Waals surface area (Å²) >= 11 is 0. The highest BCUT2D eigenvalue weighted by molar-refractivity contribution is 5.90. The molecule has 1 saturated carbocycles. The molecule has 1 aromatic carbocycles. The zero-order valence-electron chi connectivity index (χ0n) is 18.5. The van der Waals surface area contributed by atoms with E-state index in [1.807, 2.05) is 30.3 Å². The third-order valence-corrected chi connectivity index (χ3v) is 6.04. The normalized spacial score (nSPS) is 21.4. The van der Waals surface area contributed by atoms with Crippen molar-refractivity contribution in [2.75, 3.05) is 5.32 Å². The maximum atomic E-state index is 12.3. The van der Waals surface area contributed by atoms with Gasteiger partial charge in [-0.15, -0.1) is 0 Å². The Morgan fingerprint density at radius 3 is 2.57 bits per heavy atom. The van der Waals surface area contributed by atoms with E-state index < -0.39 is 6.10 Å². The van der Waals surface area contributed by atoms with Gasteiger partial charge in [-0.05, 0) is 37.8 Å². The fourth-order valence-corrected chi connectivity index (χ4v) is 4.28. The van der Waals surface area contributed by atoms with Crippen molar-refractivity contribution in [3.05, 3.63) is 42.5 Å². The Labute approximate surface area is 182 Å². The fraction of sp³-hybridized carbons (Fsp3) is 0.615. The molecule has 1 aliphatic rings. The fourth-order valence-electron chi connectivity index (χ4n) is 4.28. The third kappa shape index (κ3) is 8.83. The molecule has 0 bridgehead atoms. The molecule has 30 heavy (non-hydrogen) atoms. The molecule has 0 aromatic heterocycles. The van der Waals surface area contributed by atoms with E-state index in [0.717, 1.165) is 44.2 Å². The SMILES string of the molecule is CCCCCC/C=C/[C@H]1[C@H](O)CC(=O)[C@@H]1CCCCCCC(=O)Nc1ccccc1. The van der Waals surface area contributed by atoms with Gasteiger partial charge in [0.05, 0.1) is 6.10 Å². The minimum absolute atomic E-state index is 0.0136. The average Bonchev–Trinajstić information content (AvgIpc) is 3.00. The second-order valence-electron chi connectivity index (χ2n) is 8.57. The molecule has 2 N–H and O–H groups in total. The van der Waals surface area contributed by atoms with Crippen molar-refractivity contribution < 1.29 is 14.7 Å². The van der Waals surface area contributed by atoms with Crippen LogP contribution in [0.4, 0.5) is 5.69 Å². The third-order valence-electron chi connectivity index (χ3n) is 6.04. The van der Waals surface area contributed by atoms with Gasteiger partial charge in [0.2, 0.25) is 5.91 Å². The van der Waals surface area contributed by atoms with E-state index in [1.54, 1.807) is 0 Å². The van der Waals surface area contributed by atoms with E-state index >= 15 is 0 Å². The van der Waals surface area contributed by atoms with Crippen molar-refractivity contribution in [3.63, 3.8) is 0 Å². The number of unbranched alkanes of at least 4 members (excludes halogenated alkanes) is 7. The molecule has 1 fully saturated rings. The highest BCUT2D eigenvalue weighted by atomic mass is 16.3. The summed E-state index contributed by atoms with van der Waals surface area (Å²) in [6.07, 6.45) is 15.2. The van der Waals surface area contributed by atoms with E-state index in [2.05, 4.69) is 24.4 Å². The number of hydrogen-bond donors (Lipinski definition) is 2. The van der Waals surface area contributed by atoms with Gasteiger partial charge in [0.15, 0.2) is 0 Å². The van der Waals surface area contributed by atoms with Gasteiger partial charge in [-0.2, -0.15) is 0 Å². The largest absolute Gasteiger partial charge is 0.392 e. The van der Waals surface area contributed by atoms with Crippen molar-refractivity contribution in [2.24, 2.45) is 11.8 Å². The summed E-state index contributed by atoms with van der Waals surface area (Å²) in [5, 5.41) is 13.2. The molecule has 0 saturated heterocycles. The molecular weight excluding hydrogens is 374 g/mol. The van der Waals surface area contributed by atoms with Crippen molar-refractivity contribution in [2.45, 2.75) is 90.1 Å². The molecule has 4 heteroatoms. The first-order valence-electron chi connectivity index (χ1n) is 11.8. The zero-order chi connectivity index (χ0) is 21.6. The van der Waals surface area contributed by atoms with Gasteiger partial charge in [0.25, 0.3) is 0 Å². The number of carbonyl (C=O) groups excluding carboxylic acids is 2. The Hall–Kier alpha value is -1.94. The van der Waals surface area contributed by atoms with Crippen molar-refractivity contribution in [1.29, 1.82) is 0 Å². The van der Waals surface area contributed by atoms with Crippen LogP contribution in [0, 0.1) is 11.8 Å². The molecule has 0 heterocycles. The van der Waals surface area contributed by atoms with Crippen molar-refractivity contribution in [3.8, 4) is 0 Å². The number of carbonyl (C=O) groups is 2. The lowest BCUT2D eigenvalue weighted by atomic mass is 9.88.